The van der Waals surface area contributed by atoms with Crippen LogP contribution in [0.5, 0.6) is 0 Å². The lowest BCUT2D eigenvalue weighted by atomic mass is 10.2. The molecule has 1 N–H and O–H groups in total. The van der Waals surface area contributed by atoms with E-state index >= 15 is 0 Å². The number of hydrogen-bond acceptors (Lipinski definition) is 5. The minimum atomic E-state index is -0.448. The predicted octanol–water partition coefficient (Wildman–Crippen LogP) is 0.979. The van der Waals surface area contributed by atoms with Crippen molar-refractivity contribution < 1.29 is 14.1 Å². The summed E-state index contributed by atoms with van der Waals surface area (Å²) in [6, 6.07) is 1.52. The molecule has 2 rings (SSSR count). The summed E-state index contributed by atoms with van der Waals surface area (Å²) in [5.41, 5.74) is 1.39. The number of amides is 2. The molecular formula is C13H17N5O3. The van der Waals surface area contributed by atoms with Gasteiger partial charge in [-0.2, -0.15) is 5.10 Å². The first kappa shape index (κ1) is 14.8. The summed E-state index contributed by atoms with van der Waals surface area (Å²) < 4.78 is 6.41. The van der Waals surface area contributed by atoms with E-state index in [0.717, 1.165) is 0 Å². The molecule has 0 aliphatic carbocycles. The molecule has 8 nitrogen and oxygen atoms in total. The summed E-state index contributed by atoms with van der Waals surface area (Å²) in [6.07, 6.45) is 0. The van der Waals surface area contributed by atoms with E-state index < -0.39 is 5.91 Å². The average Bonchev–Trinajstić information content (AvgIpc) is 2.96. The van der Waals surface area contributed by atoms with Gasteiger partial charge in [0.2, 0.25) is 0 Å². The highest BCUT2D eigenvalue weighted by molar-refractivity contribution is 6.07. The summed E-state index contributed by atoms with van der Waals surface area (Å²) in [5.74, 6) is -0.200. The molecule has 2 heterocycles. The predicted molar refractivity (Wildman–Crippen MR) is 75.2 cm³/mol. The number of carbonyl (C=O) groups excluding carboxylic acids is 2. The minimum Gasteiger partial charge on any atom is -0.361 e. The van der Waals surface area contributed by atoms with Crippen LogP contribution in [-0.2, 0) is 7.05 Å². The number of carbonyl (C=O) groups is 2. The number of anilines is 1. The lowest BCUT2D eigenvalue weighted by Crippen LogP contribution is -2.24. The highest BCUT2D eigenvalue weighted by atomic mass is 16.5. The van der Waals surface area contributed by atoms with Crippen LogP contribution in [0.1, 0.15) is 32.4 Å². The third-order valence-corrected chi connectivity index (χ3v) is 3.04. The van der Waals surface area contributed by atoms with Crippen molar-refractivity contribution in [2.75, 3.05) is 19.4 Å². The SMILES string of the molecule is Cc1cc(C(=O)Nc2c(C(=O)N(C)C)nn(C)c2C)no1. The summed E-state index contributed by atoms with van der Waals surface area (Å²) in [4.78, 5) is 25.7. The molecule has 0 aliphatic rings. The second kappa shape index (κ2) is 5.39. The molecule has 0 aliphatic heterocycles. The molecule has 2 aromatic rings. The van der Waals surface area contributed by atoms with Crippen molar-refractivity contribution in [2.45, 2.75) is 13.8 Å². The van der Waals surface area contributed by atoms with Crippen LogP contribution in [0.25, 0.3) is 0 Å². The van der Waals surface area contributed by atoms with Gasteiger partial charge in [0.1, 0.15) is 5.76 Å². The third kappa shape index (κ3) is 2.78. The molecule has 2 aromatic heterocycles. The summed E-state index contributed by atoms with van der Waals surface area (Å²) >= 11 is 0. The van der Waals surface area contributed by atoms with Gasteiger partial charge < -0.3 is 14.7 Å². The number of nitrogens with one attached hydrogen (secondary N) is 1. The molecule has 2 amide bonds. The van der Waals surface area contributed by atoms with E-state index in [-0.39, 0.29) is 17.3 Å². The first-order valence-electron chi connectivity index (χ1n) is 6.31. The van der Waals surface area contributed by atoms with E-state index in [4.69, 9.17) is 4.52 Å². The Balaban J connectivity index is 2.35. The number of hydrogen-bond donors (Lipinski definition) is 1. The van der Waals surface area contributed by atoms with Crippen molar-refractivity contribution in [3.05, 3.63) is 28.9 Å². The molecule has 0 aromatic carbocycles. The molecule has 112 valence electrons. The fraction of sp³-hybridized carbons (Fsp3) is 0.385. The van der Waals surface area contributed by atoms with E-state index in [1.807, 2.05) is 0 Å². The fourth-order valence-corrected chi connectivity index (χ4v) is 1.77. The second-order valence-electron chi connectivity index (χ2n) is 4.91. The van der Waals surface area contributed by atoms with Crippen molar-refractivity contribution in [3.63, 3.8) is 0 Å². The maximum Gasteiger partial charge on any atom is 0.277 e. The highest BCUT2D eigenvalue weighted by Crippen LogP contribution is 2.21. The third-order valence-electron chi connectivity index (χ3n) is 3.04. The zero-order valence-corrected chi connectivity index (χ0v) is 12.6. The topological polar surface area (TPSA) is 93.3 Å². The molecule has 0 fully saturated rings. The van der Waals surface area contributed by atoms with Gasteiger partial charge in [0, 0.05) is 27.2 Å². The van der Waals surface area contributed by atoms with Gasteiger partial charge in [0.15, 0.2) is 11.4 Å². The van der Waals surface area contributed by atoms with Gasteiger partial charge in [-0.05, 0) is 13.8 Å². The van der Waals surface area contributed by atoms with E-state index in [1.165, 1.54) is 11.0 Å². The maximum atomic E-state index is 12.1. The molecule has 0 spiro atoms. The van der Waals surface area contributed by atoms with E-state index in [0.29, 0.717) is 17.1 Å². The first-order valence-corrected chi connectivity index (χ1v) is 6.31. The minimum absolute atomic E-state index is 0.152. The summed E-state index contributed by atoms with van der Waals surface area (Å²) in [5, 5.41) is 10.5. The standard InChI is InChI=1S/C13H17N5O3/c1-7-6-9(16-21-7)12(19)14-10-8(2)18(5)15-11(10)13(20)17(3)4/h6H,1-5H3,(H,14,19). The Kier molecular flexibility index (Phi) is 3.79. The Morgan fingerprint density at radius 1 is 1.33 bits per heavy atom. The molecule has 8 heteroatoms. The van der Waals surface area contributed by atoms with E-state index in [2.05, 4.69) is 15.6 Å². The Morgan fingerprint density at radius 3 is 2.52 bits per heavy atom. The molecule has 0 unspecified atom stereocenters. The zero-order valence-electron chi connectivity index (χ0n) is 12.6. The molecular weight excluding hydrogens is 274 g/mol. The van der Waals surface area contributed by atoms with Crippen LogP contribution in [0.15, 0.2) is 10.6 Å². The maximum absolute atomic E-state index is 12.1. The quantitative estimate of drug-likeness (QED) is 0.909. The van der Waals surface area contributed by atoms with Crippen LogP contribution in [-0.4, -0.2) is 45.7 Å². The van der Waals surface area contributed by atoms with E-state index in [1.54, 1.807) is 39.7 Å². The van der Waals surface area contributed by atoms with Crippen LogP contribution in [0.3, 0.4) is 0 Å². The number of aryl methyl sites for hydroxylation is 2. The van der Waals surface area contributed by atoms with Crippen molar-refractivity contribution in [1.29, 1.82) is 0 Å². The number of nitrogens with zero attached hydrogens (tertiary/aromatic N) is 4. The van der Waals surface area contributed by atoms with Crippen LogP contribution < -0.4 is 5.32 Å². The van der Waals surface area contributed by atoms with Crippen LogP contribution >= 0.6 is 0 Å². The summed E-state index contributed by atoms with van der Waals surface area (Å²) in [6.45, 7) is 3.46. The molecule has 0 saturated carbocycles. The van der Waals surface area contributed by atoms with Gasteiger partial charge in [-0.15, -0.1) is 0 Å². The lowest BCUT2D eigenvalue weighted by Gasteiger charge is -2.10. The van der Waals surface area contributed by atoms with Gasteiger partial charge in [0.25, 0.3) is 11.8 Å². The second-order valence-corrected chi connectivity index (χ2v) is 4.91. The normalized spacial score (nSPS) is 10.5. The molecule has 21 heavy (non-hydrogen) atoms. The van der Waals surface area contributed by atoms with Crippen LogP contribution in [0, 0.1) is 13.8 Å². The van der Waals surface area contributed by atoms with Gasteiger partial charge in [-0.1, -0.05) is 5.16 Å². The van der Waals surface area contributed by atoms with Gasteiger partial charge in [-0.3, -0.25) is 14.3 Å². The highest BCUT2D eigenvalue weighted by Gasteiger charge is 2.23. The van der Waals surface area contributed by atoms with Gasteiger partial charge in [0.05, 0.1) is 11.4 Å². The fourth-order valence-electron chi connectivity index (χ4n) is 1.77. The van der Waals surface area contributed by atoms with Gasteiger partial charge in [-0.25, -0.2) is 0 Å². The number of rotatable bonds is 3. The Labute approximate surface area is 121 Å². The van der Waals surface area contributed by atoms with Crippen molar-refractivity contribution in [1.82, 2.24) is 19.8 Å². The Bertz CT molecular complexity index is 699. The van der Waals surface area contributed by atoms with Crippen LogP contribution in [0.2, 0.25) is 0 Å². The number of aromatic nitrogens is 3. The van der Waals surface area contributed by atoms with Crippen molar-refractivity contribution in [3.8, 4) is 0 Å². The first-order chi connectivity index (χ1) is 9.81. The average molecular weight is 291 g/mol. The van der Waals surface area contributed by atoms with Crippen molar-refractivity contribution in [2.24, 2.45) is 7.05 Å². The Morgan fingerprint density at radius 2 is 2.00 bits per heavy atom. The van der Waals surface area contributed by atoms with Gasteiger partial charge >= 0.3 is 0 Å². The van der Waals surface area contributed by atoms with E-state index in [9.17, 15) is 9.59 Å². The Hall–Kier alpha value is -2.64. The smallest absolute Gasteiger partial charge is 0.277 e. The molecule has 0 saturated heterocycles. The van der Waals surface area contributed by atoms with Crippen LogP contribution in [0.4, 0.5) is 5.69 Å². The molecule has 0 radical (unpaired) electrons. The monoisotopic (exact) mass is 291 g/mol. The van der Waals surface area contributed by atoms with Crippen molar-refractivity contribution >= 4 is 17.5 Å². The summed E-state index contributed by atoms with van der Waals surface area (Å²) in [7, 11) is 4.95. The zero-order chi connectivity index (χ0) is 15.7. The molecule has 0 bridgehead atoms. The largest absolute Gasteiger partial charge is 0.361 e. The lowest BCUT2D eigenvalue weighted by molar-refractivity contribution is 0.0822. The molecule has 0 atom stereocenters.